The van der Waals surface area contributed by atoms with Crippen molar-refractivity contribution >= 4 is 5.91 Å². The summed E-state index contributed by atoms with van der Waals surface area (Å²) in [6.45, 7) is 5.60. The van der Waals surface area contributed by atoms with Gasteiger partial charge in [-0.1, -0.05) is 12.1 Å². The van der Waals surface area contributed by atoms with Gasteiger partial charge in [0.2, 0.25) is 0 Å². The molecule has 4 nitrogen and oxygen atoms in total. The molecule has 1 aromatic rings. The highest BCUT2D eigenvalue weighted by Gasteiger charge is 2.14. The van der Waals surface area contributed by atoms with E-state index in [2.05, 4.69) is 5.32 Å². The lowest BCUT2D eigenvalue weighted by atomic mass is 10.1. The molecule has 1 aromatic carbocycles. The lowest BCUT2D eigenvalue weighted by Gasteiger charge is -2.16. The molecule has 0 saturated carbocycles. The largest absolute Gasteiger partial charge is 0.481 e. The van der Waals surface area contributed by atoms with E-state index in [1.165, 1.54) is 0 Å². The standard InChI is InChI=1S/C13H20N2O2/c1-8-7-11(9(2)14)5-6-12(8)17-10(3)13(16)15-4/h5-7,9-10H,14H2,1-4H3,(H,15,16)/t9-,10?/m0/s1. The molecule has 1 unspecified atom stereocenters. The number of hydrogen-bond acceptors (Lipinski definition) is 3. The minimum Gasteiger partial charge on any atom is -0.481 e. The number of benzene rings is 1. The Hall–Kier alpha value is -1.55. The summed E-state index contributed by atoms with van der Waals surface area (Å²) in [6, 6.07) is 5.76. The van der Waals surface area contributed by atoms with E-state index in [1.54, 1.807) is 14.0 Å². The Bertz CT molecular complexity index is 402. The average Bonchev–Trinajstić information content (AvgIpc) is 2.30. The maximum atomic E-state index is 11.3. The number of aryl methyl sites for hydroxylation is 1. The zero-order valence-electron chi connectivity index (χ0n) is 10.8. The first-order valence-electron chi connectivity index (χ1n) is 5.70. The molecule has 1 rings (SSSR count). The van der Waals surface area contributed by atoms with Crippen molar-refractivity contribution in [3.05, 3.63) is 29.3 Å². The molecule has 0 aliphatic carbocycles. The van der Waals surface area contributed by atoms with Gasteiger partial charge in [-0.2, -0.15) is 0 Å². The summed E-state index contributed by atoms with van der Waals surface area (Å²) in [4.78, 5) is 11.3. The predicted octanol–water partition coefficient (Wildman–Crippen LogP) is 1.53. The van der Waals surface area contributed by atoms with Crippen LogP contribution in [0.15, 0.2) is 18.2 Å². The Morgan fingerprint density at radius 2 is 2.06 bits per heavy atom. The third kappa shape index (κ3) is 3.46. The van der Waals surface area contributed by atoms with Crippen molar-refractivity contribution in [1.29, 1.82) is 0 Å². The number of carbonyl (C=O) groups excluding carboxylic acids is 1. The summed E-state index contributed by atoms with van der Waals surface area (Å²) in [5.41, 5.74) is 7.84. The zero-order valence-corrected chi connectivity index (χ0v) is 10.8. The minimum atomic E-state index is -0.500. The molecule has 0 spiro atoms. The van der Waals surface area contributed by atoms with Crippen LogP contribution in [0.4, 0.5) is 0 Å². The third-order valence-corrected chi connectivity index (χ3v) is 2.64. The van der Waals surface area contributed by atoms with Crippen molar-refractivity contribution in [2.45, 2.75) is 32.9 Å². The summed E-state index contributed by atoms with van der Waals surface area (Å²) in [5, 5.41) is 2.55. The molecule has 0 bridgehead atoms. The minimum absolute atomic E-state index is 0.000820. The second-order valence-electron chi connectivity index (χ2n) is 4.19. The molecular formula is C13H20N2O2. The number of rotatable bonds is 4. The Labute approximate surface area is 102 Å². The van der Waals surface area contributed by atoms with Gasteiger partial charge in [0.15, 0.2) is 6.10 Å². The topological polar surface area (TPSA) is 64.3 Å². The molecule has 0 aromatic heterocycles. The van der Waals surface area contributed by atoms with Gasteiger partial charge in [0.1, 0.15) is 5.75 Å². The van der Waals surface area contributed by atoms with Crippen molar-refractivity contribution in [3.8, 4) is 5.75 Å². The number of likely N-dealkylation sites (N-methyl/N-ethyl adjacent to an activating group) is 1. The van der Waals surface area contributed by atoms with Crippen LogP contribution in [0.1, 0.15) is 31.0 Å². The van der Waals surface area contributed by atoms with E-state index in [4.69, 9.17) is 10.5 Å². The van der Waals surface area contributed by atoms with Crippen molar-refractivity contribution in [2.24, 2.45) is 5.73 Å². The van der Waals surface area contributed by atoms with Crippen LogP contribution in [0.2, 0.25) is 0 Å². The fraction of sp³-hybridized carbons (Fsp3) is 0.462. The maximum absolute atomic E-state index is 11.3. The smallest absolute Gasteiger partial charge is 0.260 e. The number of nitrogens with one attached hydrogen (secondary N) is 1. The van der Waals surface area contributed by atoms with Crippen molar-refractivity contribution in [2.75, 3.05) is 7.05 Å². The van der Waals surface area contributed by atoms with E-state index in [-0.39, 0.29) is 11.9 Å². The molecule has 1 amide bonds. The van der Waals surface area contributed by atoms with E-state index >= 15 is 0 Å². The summed E-state index contributed by atoms with van der Waals surface area (Å²) >= 11 is 0. The number of nitrogens with two attached hydrogens (primary N) is 1. The molecule has 17 heavy (non-hydrogen) atoms. The maximum Gasteiger partial charge on any atom is 0.260 e. The highest BCUT2D eigenvalue weighted by Crippen LogP contribution is 2.22. The van der Waals surface area contributed by atoms with E-state index in [9.17, 15) is 4.79 Å². The Balaban J connectivity index is 2.83. The first kappa shape index (κ1) is 13.5. The normalized spacial score (nSPS) is 13.9. The van der Waals surface area contributed by atoms with Gasteiger partial charge < -0.3 is 15.8 Å². The van der Waals surface area contributed by atoms with E-state index in [1.807, 2.05) is 32.0 Å². The van der Waals surface area contributed by atoms with Gasteiger partial charge in [-0.15, -0.1) is 0 Å². The van der Waals surface area contributed by atoms with Crippen molar-refractivity contribution in [3.63, 3.8) is 0 Å². The van der Waals surface area contributed by atoms with E-state index in [0.717, 1.165) is 11.1 Å². The molecule has 0 heterocycles. The van der Waals surface area contributed by atoms with Gasteiger partial charge in [-0.25, -0.2) is 0 Å². The van der Waals surface area contributed by atoms with E-state index < -0.39 is 6.10 Å². The SMILES string of the molecule is CNC(=O)C(C)Oc1ccc([C@H](C)N)cc1C. The average molecular weight is 236 g/mol. The van der Waals surface area contributed by atoms with Crippen molar-refractivity contribution in [1.82, 2.24) is 5.32 Å². The predicted molar refractivity (Wildman–Crippen MR) is 67.9 cm³/mol. The Kier molecular flexibility index (Phi) is 4.52. The lowest BCUT2D eigenvalue weighted by Crippen LogP contribution is -2.33. The van der Waals surface area contributed by atoms with E-state index in [0.29, 0.717) is 5.75 Å². The quantitative estimate of drug-likeness (QED) is 0.833. The lowest BCUT2D eigenvalue weighted by molar-refractivity contribution is -0.126. The molecule has 0 saturated heterocycles. The van der Waals surface area contributed by atoms with Gasteiger partial charge >= 0.3 is 0 Å². The second kappa shape index (κ2) is 5.68. The monoisotopic (exact) mass is 236 g/mol. The van der Waals surface area contributed by atoms with Crippen LogP contribution in [0, 0.1) is 6.92 Å². The molecule has 4 heteroatoms. The van der Waals surface area contributed by atoms with Gasteiger partial charge in [0.05, 0.1) is 0 Å². The van der Waals surface area contributed by atoms with Crippen LogP contribution in [-0.2, 0) is 4.79 Å². The fourth-order valence-corrected chi connectivity index (χ4v) is 1.54. The van der Waals surface area contributed by atoms with Crippen LogP contribution in [0.3, 0.4) is 0 Å². The number of carbonyl (C=O) groups is 1. The summed E-state index contributed by atoms with van der Waals surface area (Å²) in [6.07, 6.45) is -0.500. The summed E-state index contributed by atoms with van der Waals surface area (Å²) in [7, 11) is 1.59. The molecule has 0 radical (unpaired) electrons. The number of amides is 1. The highest BCUT2D eigenvalue weighted by molar-refractivity contribution is 5.80. The molecule has 2 atom stereocenters. The van der Waals surface area contributed by atoms with Crippen LogP contribution in [-0.4, -0.2) is 19.1 Å². The highest BCUT2D eigenvalue weighted by atomic mass is 16.5. The molecule has 0 aliphatic heterocycles. The zero-order chi connectivity index (χ0) is 13.0. The van der Waals surface area contributed by atoms with Gasteiger partial charge in [-0.05, 0) is 38.0 Å². The summed E-state index contributed by atoms with van der Waals surface area (Å²) in [5.74, 6) is 0.575. The molecular weight excluding hydrogens is 216 g/mol. The first-order valence-corrected chi connectivity index (χ1v) is 5.70. The van der Waals surface area contributed by atoms with Crippen molar-refractivity contribution < 1.29 is 9.53 Å². The number of ether oxygens (including phenoxy) is 1. The van der Waals surface area contributed by atoms with Crippen LogP contribution < -0.4 is 15.8 Å². The van der Waals surface area contributed by atoms with Gasteiger partial charge in [0.25, 0.3) is 5.91 Å². The molecule has 0 fully saturated rings. The Morgan fingerprint density at radius 3 is 2.53 bits per heavy atom. The second-order valence-corrected chi connectivity index (χ2v) is 4.19. The fourth-order valence-electron chi connectivity index (χ4n) is 1.54. The molecule has 0 aliphatic rings. The number of hydrogen-bond donors (Lipinski definition) is 2. The Morgan fingerprint density at radius 1 is 1.41 bits per heavy atom. The van der Waals surface area contributed by atoms with Crippen LogP contribution >= 0.6 is 0 Å². The van der Waals surface area contributed by atoms with Gasteiger partial charge in [-0.3, -0.25) is 4.79 Å². The third-order valence-electron chi connectivity index (χ3n) is 2.64. The molecule has 3 N–H and O–H groups in total. The summed E-state index contributed by atoms with van der Waals surface area (Å²) < 4.78 is 5.58. The van der Waals surface area contributed by atoms with Crippen LogP contribution in [0.5, 0.6) is 5.75 Å². The first-order chi connectivity index (χ1) is 7.95. The molecule has 94 valence electrons. The van der Waals surface area contributed by atoms with Crippen LogP contribution in [0.25, 0.3) is 0 Å². The van der Waals surface area contributed by atoms with Gasteiger partial charge in [0, 0.05) is 13.1 Å².